The fraction of sp³-hybridized carbons (Fsp3) is 0.286. The molecule has 0 N–H and O–H groups in total. The van der Waals surface area contributed by atoms with Gasteiger partial charge in [0.15, 0.2) is 0 Å². The SMILES string of the molecule is C=CCON1C(=O)N2CC=C(c3ccncc3)C1C2. The first-order valence-corrected chi connectivity index (χ1v) is 6.23. The zero-order valence-corrected chi connectivity index (χ0v) is 10.5. The minimum atomic E-state index is -0.0767. The lowest BCUT2D eigenvalue weighted by Crippen LogP contribution is -2.34. The van der Waals surface area contributed by atoms with Gasteiger partial charge in [-0.15, -0.1) is 6.58 Å². The molecule has 0 aliphatic carbocycles. The number of carbonyl (C=O) groups is 1. The first-order chi connectivity index (χ1) is 9.31. The fourth-order valence-electron chi connectivity index (χ4n) is 2.49. The van der Waals surface area contributed by atoms with E-state index in [9.17, 15) is 4.79 Å². The van der Waals surface area contributed by atoms with Gasteiger partial charge in [-0.2, -0.15) is 5.06 Å². The molecule has 5 heteroatoms. The Hall–Kier alpha value is -2.14. The number of hydrogen-bond donors (Lipinski definition) is 0. The number of fused-ring (bicyclic) bond motifs is 2. The van der Waals surface area contributed by atoms with E-state index in [-0.39, 0.29) is 12.1 Å². The molecule has 3 heterocycles. The molecule has 1 atom stereocenters. The number of amides is 2. The highest BCUT2D eigenvalue weighted by Gasteiger charge is 2.42. The van der Waals surface area contributed by atoms with Crippen molar-refractivity contribution in [3.05, 3.63) is 48.8 Å². The third-order valence-corrected chi connectivity index (χ3v) is 3.37. The van der Waals surface area contributed by atoms with Crippen LogP contribution in [0.4, 0.5) is 4.79 Å². The predicted octanol–water partition coefficient (Wildman–Crippen LogP) is 1.70. The number of rotatable bonds is 4. The molecule has 1 aromatic heterocycles. The van der Waals surface area contributed by atoms with Gasteiger partial charge in [0.2, 0.25) is 0 Å². The Morgan fingerprint density at radius 2 is 2.26 bits per heavy atom. The van der Waals surface area contributed by atoms with Crippen molar-refractivity contribution in [1.82, 2.24) is 14.9 Å². The largest absolute Gasteiger partial charge is 0.344 e. The molecule has 0 spiro atoms. The monoisotopic (exact) mass is 257 g/mol. The summed E-state index contributed by atoms with van der Waals surface area (Å²) in [6.45, 7) is 5.24. The average molecular weight is 257 g/mol. The number of hydroxylamine groups is 2. The number of carbonyl (C=O) groups excluding carboxylic acids is 1. The summed E-state index contributed by atoms with van der Waals surface area (Å²) in [5.41, 5.74) is 2.20. The van der Waals surface area contributed by atoms with Crippen LogP contribution in [0.3, 0.4) is 0 Å². The molecule has 2 aliphatic rings. The lowest BCUT2D eigenvalue weighted by Gasteiger charge is -2.24. The van der Waals surface area contributed by atoms with Crippen LogP contribution in [-0.4, -0.2) is 46.7 Å². The van der Waals surface area contributed by atoms with E-state index in [2.05, 4.69) is 17.6 Å². The molecule has 1 aromatic rings. The molecule has 2 bridgehead atoms. The molecule has 2 aliphatic heterocycles. The maximum absolute atomic E-state index is 12.1. The van der Waals surface area contributed by atoms with Crippen molar-refractivity contribution in [2.24, 2.45) is 0 Å². The van der Waals surface area contributed by atoms with Gasteiger partial charge in [0, 0.05) is 18.9 Å². The molecule has 0 saturated carbocycles. The van der Waals surface area contributed by atoms with Gasteiger partial charge in [0.1, 0.15) is 6.04 Å². The van der Waals surface area contributed by atoms with Crippen LogP contribution >= 0.6 is 0 Å². The second-order valence-electron chi connectivity index (χ2n) is 4.51. The first-order valence-electron chi connectivity index (χ1n) is 6.23. The van der Waals surface area contributed by atoms with Crippen LogP contribution < -0.4 is 0 Å². The van der Waals surface area contributed by atoms with Gasteiger partial charge in [0.25, 0.3) is 0 Å². The lowest BCUT2D eigenvalue weighted by atomic mass is 9.97. The van der Waals surface area contributed by atoms with Crippen LogP contribution in [0.15, 0.2) is 43.3 Å². The number of nitrogens with zero attached hydrogens (tertiary/aromatic N) is 3. The molecular weight excluding hydrogens is 242 g/mol. The molecule has 1 saturated heterocycles. The summed E-state index contributed by atoms with van der Waals surface area (Å²) in [6, 6.07) is 3.78. The number of aromatic nitrogens is 1. The molecule has 3 rings (SSSR count). The second kappa shape index (κ2) is 4.85. The minimum Gasteiger partial charge on any atom is -0.317 e. The van der Waals surface area contributed by atoms with Crippen molar-refractivity contribution in [2.75, 3.05) is 19.7 Å². The molecule has 1 unspecified atom stereocenters. The highest BCUT2D eigenvalue weighted by molar-refractivity contribution is 5.84. The van der Waals surface area contributed by atoms with Crippen LogP contribution in [0.1, 0.15) is 5.56 Å². The van der Waals surface area contributed by atoms with E-state index in [1.165, 1.54) is 5.06 Å². The molecule has 2 amide bonds. The maximum Gasteiger partial charge on any atom is 0.344 e. The average Bonchev–Trinajstić information content (AvgIpc) is 2.70. The number of pyridine rings is 1. The molecule has 1 fully saturated rings. The number of urea groups is 1. The third-order valence-electron chi connectivity index (χ3n) is 3.37. The van der Waals surface area contributed by atoms with E-state index in [1.807, 2.05) is 12.1 Å². The molecular formula is C14H15N3O2. The van der Waals surface area contributed by atoms with Crippen molar-refractivity contribution in [3.63, 3.8) is 0 Å². The highest BCUT2D eigenvalue weighted by atomic mass is 16.7. The van der Waals surface area contributed by atoms with Crippen molar-refractivity contribution in [1.29, 1.82) is 0 Å². The number of hydrogen-bond acceptors (Lipinski definition) is 3. The van der Waals surface area contributed by atoms with Crippen molar-refractivity contribution >= 4 is 11.6 Å². The summed E-state index contributed by atoms with van der Waals surface area (Å²) in [5, 5.41) is 1.46. The van der Waals surface area contributed by atoms with Gasteiger partial charge in [-0.1, -0.05) is 12.2 Å². The van der Waals surface area contributed by atoms with Gasteiger partial charge in [0.05, 0.1) is 13.2 Å². The quantitative estimate of drug-likeness (QED) is 0.771. The summed E-state index contributed by atoms with van der Waals surface area (Å²) in [6.07, 6.45) is 7.24. The van der Waals surface area contributed by atoms with Crippen LogP contribution in [0.25, 0.3) is 5.57 Å². The molecule has 0 aromatic carbocycles. The topological polar surface area (TPSA) is 45.7 Å². The van der Waals surface area contributed by atoms with Gasteiger partial charge in [-0.25, -0.2) is 4.79 Å². The van der Waals surface area contributed by atoms with Crippen LogP contribution in [0.5, 0.6) is 0 Å². The lowest BCUT2D eigenvalue weighted by molar-refractivity contribution is -0.105. The van der Waals surface area contributed by atoms with E-state index in [1.54, 1.807) is 23.4 Å². The summed E-state index contributed by atoms with van der Waals surface area (Å²) < 4.78 is 0. The summed E-state index contributed by atoms with van der Waals surface area (Å²) in [7, 11) is 0. The van der Waals surface area contributed by atoms with Gasteiger partial charge < -0.3 is 4.90 Å². The van der Waals surface area contributed by atoms with E-state index >= 15 is 0 Å². The van der Waals surface area contributed by atoms with E-state index < -0.39 is 0 Å². The Labute approximate surface area is 111 Å². The van der Waals surface area contributed by atoms with Gasteiger partial charge in [-0.05, 0) is 23.3 Å². The highest BCUT2D eigenvalue weighted by Crippen LogP contribution is 2.32. The second-order valence-corrected chi connectivity index (χ2v) is 4.51. The Bertz CT molecular complexity index is 527. The Morgan fingerprint density at radius 3 is 3.00 bits per heavy atom. The van der Waals surface area contributed by atoms with Crippen LogP contribution in [-0.2, 0) is 4.84 Å². The molecule has 5 nitrogen and oxygen atoms in total. The molecule has 98 valence electrons. The summed E-state index contributed by atoms with van der Waals surface area (Å²) in [4.78, 5) is 23.4. The fourth-order valence-corrected chi connectivity index (χ4v) is 2.49. The Balaban J connectivity index is 1.89. The summed E-state index contributed by atoms with van der Waals surface area (Å²) >= 11 is 0. The van der Waals surface area contributed by atoms with Crippen molar-refractivity contribution in [2.45, 2.75) is 6.04 Å². The minimum absolute atomic E-state index is 0.0522. The standard InChI is InChI=1S/C14H15N3O2/c1-2-9-19-17-13-10-16(14(17)18)8-5-12(13)11-3-6-15-7-4-11/h2-7,13H,1,8-10H2. The van der Waals surface area contributed by atoms with E-state index in [0.717, 1.165) is 11.1 Å². The third kappa shape index (κ3) is 2.02. The van der Waals surface area contributed by atoms with E-state index in [0.29, 0.717) is 19.7 Å². The van der Waals surface area contributed by atoms with E-state index in [4.69, 9.17) is 4.84 Å². The molecule has 0 radical (unpaired) electrons. The van der Waals surface area contributed by atoms with Crippen LogP contribution in [0.2, 0.25) is 0 Å². The zero-order chi connectivity index (χ0) is 13.2. The molecule has 19 heavy (non-hydrogen) atoms. The summed E-state index contributed by atoms with van der Waals surface area (Å²) in [5.74, 6) is 0. The van der Waals surface area contributed by atoms with Gasteiger partial charge >= 0.3 is 6.03 Å². The predicted molar refractivity (Wildman–Crippen MR) is 71.0 cm³/mol. The normalized spacial score (nSPS) is 21.6. The smallest absolute Gasteiger partial charge is 0.317 e. The Kier molecular flexibility index (Phi) is 3.05. The van der Waals surface area contributed by atoms with Gasteiger partial charge in [-0.3, -0.25) is 9.82 Å². The van der Waals surface area contributed by atoms with Crippen molar-refractivity contribution < 1.29 is 9.63 Å². The zero-order valence-electron chi connectivity index (χ0n) is 10.5. The maximum atomic E-state index is 12.1. The van der Waals surface area contributed by atoms with Crippen molar-refractivity contribution in [3.8, 4) is 0 Å². The Morgan fingerprint density at radius 1 is 1.47 bits per heavy atom. The first kappa shape index (κ1) is 11.9. The van der Waals surface area contributed by atoms with Crippen LogP contribution in [0, 0.1) is 0 Å².